The van der Waals surface area contributed by atoms with Crippen LogP contribution < -0.4 is 10.6 Å². The highest BCUT2D eigenvalue weighted by atomic mass is 16.2. The van der Waals surface area contributed by atoms with Gasteiger partial charge in [0.1, 0.15) is 0 Å². The van der Waals surface area contributed by atoms with E-state index >= 15 is 0 Å². The van der Waals surface area contributed by atoms with Gasteiger partial charge in [0.05, 0.1) is 11.4 Å². The Balaban J connectivity index is 0.000000505. The Hall–Kier alpha value is -1.88. The predicted octanol–water partition coefficient (Wildman–Crippen LogP) is 2.53. The Morgan fingerprint density at radius 2 is 1.92 bits per heavy atom. The van der Waals surface area contributed by atoms with Crippen molar-refractivity contribution >= 4 is 23.4 Å². The molecule has 1 aromatic rings. The first kappa shape index (κ1) is 20.2. The van der Waals surface area contributed by atoms with Crippen LogP contribution in [0.1, 0.15) is 39.2 Å². The Labute approximate surface area is 145 Å². The van der Waals surface area contributed by atoms with E-state index in [2.05, 4.69) is 42.8 Å². The molecule has 1 aromatic carbocycles. The van der Waals surface area contributed by atoms with Crippen LogP contribution in [0.15, 0.2) is 18.2 Å². The number of nitrogens with two attached hydrogens (primary N) is 1. The summed E-state index contributed by atoms with van der Waals surface area (Å²) in [7, 11) is 2.16. The van der Waals surface area contributed by atoms with Gasteiger partial charge >= 0.3 is 0 Å². The van der Waals surface area contributed by atoms with Crippen molar-refractivity contribution in [3.05, 3.63) is 23.8 Å². The van der Waals surface area contributed by atoms with Crippen LogP contribution in [0.3, 0.4) is 0 Å². The number of likely N-dealkylation sites (N-methyl/N-ethyl adjacent to an activating group) is 1. The number of carbonyl (C=O) groups excluding carboxylic acids is 2. The minimum Gasteiger partial charge on any atom is -0.397 e. The fourth-order valence-corrected chi connectivity index (χ4v) is 3.26. The SMILES string of the molecule is CC(=O)C=O.CCCN(CCC)C1Cc2cccc(N)c2N(C)C1. The average molecular weight is 333 g/mol. The normalized spacial score (nSPS) is 16.2. The van der Waals surface area contributed by atoms with Crippen molar-refractivity contribution in [2.24, 2.45) is 0 Å². The summed E-state index contributed by atoms with van der Waals surface area (Å²) in [6.07, 6.45) is 3.86. The molecule has 0 aromatic heterocycles. The summed E-state index contributed by atoms with van der Waals surface area (Å²) in [4.78, 5) is 23.6. The third kappa shape index (κ3) is 5.64. The van der Waals surface area contributed by atoms with Gasteiger partial charge in [-0.05, 0) is 44.0 Å². The van der Waals surface area contributed by atoms with Gasteiger partial charge < -0.3 is 10.6 Å². The highest BCUT2D eigenvalue weighted by Crippen LogP contribution is 2.33. The quantitative estimate of drug-likeness (QED) is 0.492. The smallest absolute Gasteiger partial charge is 0.192 e. The molecule has 1 atom stereocenters. The molecule has 1 aliphatic rings. The lowest BCUT2D eigenvalue weighted by atomic mass is 9.96. The van der Waals surface area contributed by atoms with Crippen LogP contribution in [0.25, 0.3) is 0 Å². The topological polar surface area (TPSA) is 66.6 Å². The summed E-state index contributed by atoms with van der Waals surface area (Å²) in [6.45, 7) is 9.23. The fourth-order valence-electron chi connectivity index (χ4n) is 3.26. The highest BCUT2D eigenvalue weighted by Gasteiger charge is 2.27. The second kappa shape index (κ2) is 10.1. The van der Waals surface area contributed by atoms with Crippen molar-refractivity contribution in [1.82, 2.24) is 4.90 Å². The third-order valence-corrected chi connectivity index (χ3v) is 4.18. The molecule has 0 saturated carbocycles. The summed E-state index contributed by atoms with van der Waals surface area (Å²) in [6, 6.07) is 6.93. The molecule has 134 valence electrons. The summed E-state index contributed by atoms with van der Waals surface area (Å²) in [5.41, 5.74) is 9.67. The van der Waals surface area contributed by atoms with Crippen LogP contribution in [-0.4, -0.2) is 49.7 Å². The van der Waals surface area contributed by atoms with Gasteiger partial charge in [-0.25, -0.2) is 0 Å². The summed E-state index contributed by atoms with van der Waals surface area (Å²) in [5, 5.41) is 0. The number of benzene rings is 1. The number of carbonyl (C=O) groups is 2. The molecule has 1 unspecified atom stereocenters. The molecule has 0 fully saturated rings. The van der Waals surface area contributed by atoms with Gasteiger partial charge in [0.25, 0.3) is 0 Å². The molecule has 1 aliphatic heterocycles. The lowest BCUT2D eigenvalue weighted by Gasteiger charge is -2.40. The van der Waals surface area contributed by atoms with E-state index in [1.807, 2.05) is 6.07 Å². The summed E-state index contributed by atoms with van der Waals surface area (Å²) in [5.74, 6) is -0.426. The summed E-state index contributed by atoms with van der Waals surface area (Å²) < 4.78 is 0. The van der Waals surface area contributed by atoms with Crippen LogP contribution in [0.5, 0.6) is 0 Å². The van der Waals surface area contributed by atoms with Gasteiger partial charge in [0, 0.05) is 26.6 Å². The summed E-state index contributed by atoms with van der Waals surface area (Å²) >= 11 is 0. The van der Waals surface area contributed by atoms with Gasteiger partial charge in [-0.1, -0.05) is 26.0 Å². The maximum atomic E-state index is 9.44. The molecule has 0 spiro atoms. The van der Waals surface area contributed by atoms with E-state index < -0.39 is 5.78 Å². The molecule has 1 heterocycles. The zero-order valence-corrected chi connectivity index (χ0v) is 15.4. The molecular formula is C19H31N3O2. The average Bonchev–Trinajstić information content (AvgIpc) is 2.55. The molecule has 2 rings (SSSR count). The molecule has 24 heavy (non-hydrogen) atoms. The monoisotopic (exact) mass is 333 g/mol. The largest absolute Gasteiger partial charge is 0.397 e. The number of fused-ring (bicyclic) bond motifs is 1. The van der Waals surface area contributed by atoms with Gasteiger partial charge in [-0.15, -0.1) is 0 Å². The standard InChI is InChI=1S/C16H27N3.C3H4O2/c1-4-9-19(10-5-2)14-11-13-7-6-8-15(17)16(13)18(3)12-14;1-3(5)2-4/h6-8,14H,4-5,9-12,17H2,1-3H3;2H,1H3. The predicted molar refractivity (Wildman–Crippen MR) is 101 cm³/mol. The first-order valence-electron chi connectivity index (χ1n) is 8.72. The van der Waals surface area contributed by atoms with E-state index in [0.29, 0.717) is 6.04 Å². The second-order valence-corrected chi connectivity index (χ2v) is 6.36. The van der Waals surface area contributed by atoms with Crippen LogP contribution >= 0.6 is 0 Å². The van der Waals surface area contributed by atoms with E-state index in [4.69, 9.17) is 10.5 Å². The number of rotatable bonds is 6. The number of ketones is 1. The molecule has 0 aliphatic carbocycles. The molecular weight excluding hydrogens is 302 g/mol. The third-order valence-electron chi connectivity index (χ3n) is 4.18. The maximum Gasteiger partial charge on any atom is 0.192 e. The number of hydrogen-bond donors (Lipinski definition) is 1. The lowest BCUT2D eigenvalue weighted by Crippen LogP contribution is -2.48. The van der Waals surface area contributed by atoms with E-state index in [-0.39, 0.29) is 6.29 Å². The van der Waals surface area contributed by atoms with E-state index in [9.17, 15) is 4.79 Å². The number of para-hydroxylation sites is 1. The van der Waals surface area contributed by atoms with Crippen LogP contribution in [-0.2, 0) is 16.0 Å². The number of hydrogen-bond acceptors (Lipinski definition) is 5. The van der Waals surface area contributed by atoms with Crippen molar-refractivity contribution in [2.75, 3.05) is 37.3 Å². The van der Waals surface area contributed by atoms with E-state index in [1.165, 1.54) is 44.1 Å². The Bertz CT molecular complexity index is 539. The molecule has 0 radical (unpaired) electrons. The Morgan fingerprint density at radius 1 is 1.33 bits per heavy atom. The number of aldehydes is 1. The van der Waals surface area contributed by atoms with Gasteiger partial charge in [0.2, 0.25) is 0 Å². The van der Waals surface area contributed by atoms with Crippen LogP contribution in [0.4, 0.5) is 11.4 Å². The molecule has 5 nitrogen and oxygen atoms in total. The molecule has 2 N–H and O–H groups in total. The Morgan fingerprint density at radius 3 is 2.42 bits per heavy atom. The fraction of sp³-hybridized carbons (Fsp3) is 0.579. The Kier molecular flexibility index (Phi) is 8.47. The number of Topliss-reactive ketones (excluding diaryl/α,β-unsaturated/α-hetero) is 1. The molecule has 0 saturated heterocycles. The number of anilines is 2. The second-order valence-electron chi connectivity index (χ2n) is 6.36. The molecule has 0 bridgehead atoms. The number of nitrogens with zero attached hydrogens (tertiary/aromatic N) is 2. The lowest BCUT2D eigenvalue weighted by molar-refractivity contribution is -0.128. The van der Waals surface area contributed by atoms with E-state index in [0.717, 1.165) is 18.7 Å². The van der Waals surface area contributed by atoms with Crippen molar-refractivity contribution in [1.29, 1.82) is 0 Å². The molecule has 5 heteroatoms. The number of nitrogen functional groups attached to an aromatic ring is 1. The van der Waals surface area contributed by atoms with Crippen LogP contribution in [0.2, 0.25) is 0 Å². The van der Waals surface area contributed by atoms with Crippen molar-refractivity contribution in [3.63, 3.8) is 0 Å². The minimum absolute atomic E-state index is 0.278. The highest BCUT2D eigenvalue weighted by molar-refractivity contribution is 6.23. The van der Waals surface area contributed by atoms with Gasteiger partial charge in [0.15, 0.2) is 12.1 Å². The van der Waals surface area contributed by atoms with Crippen molar-refractivity contribution in [3.8, 4) is 0 Å². The first-order chi connectivity index (χ1) is 11.4. The van der Waals surface area contributed by atoms with E-state index in [1.54, 1.807) is 0 Å². The van der Waals surface area contributed by atoms with Crippen molar-refractivity contribution in [2.45, 2.75) is 46.1 Å². The first-order valence-corrected chi connectivity index (χ1v) is 8.72. The zero-order valence-electron chi connectivity index (χ0n) is 15.4. The zero-order chi connectivity index (χ0) is 18.1. The van der Waals surface area contributed by atoms with Crippen molar-refractivity contribution < 1.29 is 9.59 Å². The minimum atomic E-state index is -0.426. The van der Waals surface area contributed by atoms with Crippen LogP contribution in [0, 0.1) is 0 Å². The maximum absolute atomic E-state index is 9.44. The van der Waals surface area contributed by atoms with Gasteiger partial charge in [-0.2, -0.15) is 0 Å². The van der Waals surface area contributed by atoms with Gasteiger partial charge in [-0.3, -0.25) is 14.5 Å². The molecule has 0 amide bonds.